The fourth-order valence-corrected chi connectivity index (χ4v) is 6.68. The van der Waals surface area contributed by atoms with E-state index in [1.54, 1.807) is 6.07 Å². The molecule has 34 heavy (non-hydrogen) atoms. The molecule has 12 heteroatoms. The molecule has 0 bridgehead atoms. The Kier molecular flexibility index (Phi) is 7.73. The molecule has 0 aromatic heterocycles. The Morgan fingerprint density at radius 1 is 0.971 bits per heavy atom. The number of carbonyl (C=O) groups is 1. The van der Waals surface area contributed by atoms with Crippen LogP contribution in [0.3, 0.4) is 0 Å². The summed E-state index contributed by atoms with van der Waals surface area (Å²) in [5.41, 5.74) is -1.46. The molecule has 1 saturated carbocycles. The molecule has 1 aliphatic rings. The molecule has 2 aromatic rings. The second kappa shape index (κ2) is 10.0. The van der Waals surface area contributed by atoms with Crippen LogP contribution in [-0.2, 0) is 35.6 Å². The van der Waals surface area contributed by atoms with Crippen molar-refractivity contribution in [3.8, 4) is 0 Å². The first kappa shape index (κ1) is 26.2. The van der Waals surface area contributed by atoms with E-state index in [-0.39, 0.29) is 29.2 Å². The van der Waals surface area contributed by atoms with E-state index >= 15 is 0 Å². The van der Waals surface area contributed by atoms with Crippen molar-refractivity contribution < 1.29 is 39.5 Å². The Morgan fingerprint density at radius 2 is 1.59 bits per heavy atom. The van der Waals surface area contributed by atoms with Crippen LogP contribution in [0.25, 0.3) is 0 Å². The van der Waals surface area contributed by atoms with E-state index < -0.39 is 41.4 Å². The maximum absolute atomic E-state index is 13.6. The van der Waals surface area contributed by atoms with Gasteiger partial charge in [-0.3, -0.25) is 4.79 Å². The smallest absolute Gasteiger partial charge is 0.417 e. The fourth-order valence-electron chi connectivity index (χ4n) is 3.94. The number of hydrogen-bond acceptors (Lipinski definition) is 6. The van der Waals surface area contributed by atoms with Gasteiger partial charge in [-0.2, -0.15) is 13.2 Å². The van der Waals surface area contributed by atoms with E-state index in [0.717, 1.165) is 6.07 Å². The molecule has 186 valence electrons. The highest BCUT2D eigenvalue weighted by molar-refractivity contribution is 7.91. The number of esters is 1. The molecule has 0 radical (unpaired) electrons. The molecule has 2 aromatic carbocycles. The summed E-state index contributed by atoms with van der Waals surface area (Å²) in [7, 11) is -7.65. The van der Waals surface area contributed by atoms with Gasteiger partial charge in [-0.05, 0) is 61.9 Å². The minimum absolute atomic E-state index is 0.136. The summed E-state index contributed by atoms with van der Waals surface area (Å²) in [6.45, 7) is -0.136. The van der Waals surface area contributed by atoms with Crippen molar-refractivity contribution in [2.45, 2.75) is 46.5 Å². The number of benzene rings is 2. The Balaban J connectivity index is 1.87. The number of nitrogens with one attached hydrogen (secondary N) is 1. The van der Waals surface area contributed by atoms with Crippen molar-refractivity contribution in [2.75, 3.05) is 13.7 Å². The highest BCUT2D eigenvalue weighted by atomic mass is 32.2. The van der Waals surface area contributed by atoms with Gasteiger partial charge in [0.2, 0.25) is 19.9 Å². The van der Waals surface area contributed by atoms with Crippen molar-refractivity contribution in [1.29, 1.82) is 0 Å². The molecular weight excluding hydrogens is 495 g/mol. The average molecular weight is 520 g/mol. The Labute approximate surface area is 196 Å². The molecule has 7 nitrogen and oxygen atoms in total. The van der Waals surface area contributed by atoms with Gasteiger partial charge in [0.1, 0.15) is 0 Å². The highest BCUT2D eigenvalue weighted by Crippen LogP contribution is 2.36. The van der Waals surface area contributed by atoms with Crippen LogP contribution >= 0.6 is 0 Å². The molecular formula is C22H24F3NO6S2. The lowest BCUT2D eigenvalue weighted by molar-refractivity contribution is -0.146. The summed E-state index contributed by atoms with van der Waals surface area (Å²) in [6.07, 6.45) is -3.05. The van der Waals surface area contributed by atoms with Gasteiger partial charge in [0.05, 0.1) is 33.3 Å². The lowest BCUT2D eigenvalue weighted by Gasteiger charge is -2.27. The van der Waals surface area contributed by atoms with Crippen LogP contribution < -0.4 is 4.72 Å². The lowest BCUT2D eigenvalue weighted by atomic mass is 9.82. The third-order valence-corrected chi connectivity index (χ3v) is 9.09. The molecule has 1 fully saturated rings. The fraction of sp³-hybridized carbons (Fsp3) is 0.409. The maximum Gasteiger partial charge on any atom is 0.417 e. The van der Waals surface area contributed by atoms with Crippen molar-refractivity contribution in [1.82, 2.24) is 4.72 Å². The Bertz CT molecular complexity index is 1240. The molecule has 3 rings (SSSR count). The van der Waals surface area contributed by atoms with E-state index in [9.17, 15) is 34.8 Å². The molecule has 0 unspecified atom stereocenters. The minimum Gasteiger partial charge on any atom is -0.469 e. The third kappa shape index (κ3) is 5.78. The van der Waals surface area contributed by atoms with Gasteiger partial charge < -0.3 is 4.74 Å². The number of rotatable bonds is 7. The molecule has 0 amide bonds. The molecule has 0 heterocycles. The van der Waals surface area contributed by atoms with E-state index in [1.165, 1.54) is 31.4 Å². The molecule has 0 aliphatic heterocycles. The largest absolute Gasteiger partial charge is 0.469 e. The SMILES string of the molecule is COC(=O)[C@H]1CC[C@H](CNS(=O)(=O)c2cc(S(=O)(=O)c3ccccc3)ccc2C(F)(F)F)CC1. The quantitative estimate of drug-likeness (QED) is 0.558. The number of hydrogen-bond donors (Lipinski definition) is 1. The van der Waals surface area contributed by atoms with Gasteiger partial charge >= 0.3 is 12.1 Å². The summed E-state index contributed by atoms with van der Waals surface area (Å²) in [6, 6.07) is 8.76. The van der Waals surface area contributed by atoms with Crippen LogP contribution in [0.2, 0.25) is 0 Å². The van der Waals surface area contributed by atoms with Gasteiger partial charge in [0.25, 0.3) is 0 Å². The van der Waals surface area contributed by atoms with Crippen LogP contribution in [0.5, 0.6) is 0 Å². The number of sulfonamides is 1. The number of carbonyl (C=O) groups excluding carboxylic acids is 1. The molecule has 0 spiro atoms. The van der Waals surface area contributed by atoms with Gasteiger partial charge in [-0.25, -0.2) is 21.6 Å². The molecule has 1 N–H and O–H groups in total. The lowest BCUT2D eigenvalue weighted by Crippen LogP contribution is -2.33. The Hall–Kier alpha value is -2.44. The van der Waals surface area contributed by atoms with E-state index in [1.807, 2.05) is 0 Å². The second-order valence-electron chi connectivity index (χ2n) is 8.06. The topological polar surface area (TPSA) is 107 Å². The standard InChI is InChI=1S/C22H24F3NO6S2/c1-32-21(27)16-9-7-15(8-10-16)14-26-34(30,31)20-13-18(11-12-19(20)22(23,24)25)33(28,29)17-5-3-2-4-6-17/h2-6,11-13,15-16,26H,7-10,14H2,1H3/t15-,16-. The van der Waals surface area contributed by atoms with Gasteiger partial charge in [-0.15, -0.1) is 0 Å². The maximum atomic E-state index is 13.6. The predicted molar refractivity (Wildman–Crippen MR) is 116 cm³/mol. The van der Waals surface area contributed by atoms with Crippen molar-refractivity contribution in [3.05, 3.63) is 54.1 Å². The second-order valence-corrected chi connectivity index (χ2v) is 11.7. The van der Waals surface area contributed by atoms with E-state index in [2.05, 4.69) is 4.72 Å². The number of halogens is 3. The van der Waals surface area contributed by atoms with Crippen molar-refractivity contribution in [2.24, 2.45) is 11.8 Å². The Morgan fingerprint density at radius 3 is 2.15 bits per heavy atom. The third-order valence-electron chi connectivity index (χ3n) is 5.86. The van der Waals surface area contributed by atoms with Gasteiger partial charge in [0, 0.05) is 6.54 Å². The molecule has 0 atom stereocenters. The van der Waals surface area contributed by atoms with Crippen LogP contribution in [-0.4, -0.2) is 36.5 Å². The van der Waals surface area contributed by atoms with Gasteiger partial charge in [0.15, 0.2) is 0 Å². The zero-order chi connectivity index (χ0) is 25.1. The van der Waals surface area contributed by atoms with Crippen LogP contribution in [0.15, 0.2) is 63.2 Å². The predicted octanol–water partition coefficient (Wildman–Crippen LogP) is 3.80. The van der Waals surface area contributed by atoms with E-state index in [4.69, 9.17) is 4.74 Å². The zero-order valence-electron chi connectivity index (χ0n) is 18.2. The normalized spacial score (nSPS) is 19.5. The van der Waals surface area contributed by atoms with Crippen LogP contribution in [0, 0.1) is 11.8 Å². The highest BCUT2D eigenvalue weighted by Gasteiger charge is 2.38. The van der Waals surface area contributed by atoms with Crippen LogP contribution in [0.4, 0.5) is 13.2 Å². The summed E-state index contributed by atoms with van der Waals surface area (Å²) in [5.74, 6) is -0.805. The summed E-state index contributed by atoms with van der Waals surface area (Å²) in [4.78, 5) is 9.74. The first-order valence-electron chi connectivity index (χ1n) is 10.4. The summed E-state index contributed by atoms with van der Waals surface area (Å²) >= 11 is 0. The molecule has 0 saturated heterocycles. The zero-order valence-corrected chi connectivity index (χ0v) is 19.8. The van der Waals surface area contributed by atoms with Crippen molar-refractivity contribution in [3.63, 3.8) is 0 Å². The summed E-state index contributed by atoms with van der Waals surface area (Å²) in [5, 5.41) is 0. The first-order chi connectivity index (χ1) is 15.9. The molecule has 1 aliphatic carbocycles. The number of sulfone groups is 1. The monoisotopic (exact) mass is 519 g/mol. The minimum atomic E-state index is -5.02. The average Bonchev–Trinajstić information content (AvgIpc) is 2.82. The van der Waals surface area contributed by atoms with Gasteiger partial charge in [-0.1, -0.05) is 18.2 Å². The number of ether oxygens (including phenoxy) is 1. The summed E-state index contributed by atoms with van der Waals surface area (Å²) < 4.78 is 99.2. The van der Waals surface area contributed by atoms with E-state index in [0.29, 0.717) is 37.8 Å². The number of methoxy groups -OCH3 is 1. The van der Waals surface area contributed by atoms with Crippen LogP contribution in [0.1, 0.15) is 31.2 Å². The number of alkyl halides is 3. The first-order valence-corrected chi connectivity index (χ1v) is 13.4. The van der Waals surface area contributed by atoms with Crippen molar-refractivity contribution >= 4 is 25.8 Å².